The molecule has 0 spiro atoms. The summed E-state index contributed by atoms with van der Waals surface area (Å²) >= 11 is 1.75. The van der Waals surface area contributed by atoms with Crippen LogP contribution < -0.4 is 5.73 Å². The van der Waals surface area contributed by atoms with Crippen molar-refractivity contribution in [2.45, 2.75) is 38.0 Å². The van der Waals surface area contributed by atoms with Crippen molar-refractivity contribution in [1.82, 2.24) is 4.90 Å². The summed E-state index contributed by atoms with van der Waals surface area (Å²) in [4.78, 5) is 13.9. The largest absolute Gasteiger partial charge is 0.364 e. The fourth-order valence-electron chi connectivity index (χ4n) is 1.86. The molecule has 3 atom stereocenters. The molecular weight excluding hydrogens is 224 g/mol. The monoisotopic (exact) mass is 246 g/mol. The quantitative estimate of drug-likeness (QED) is 0.776. The first-order valence-corrected chi connectivity index (χ1v) is 7.10. The maximum absolute atomic E-state index is 12.1. The van der Waals surface area contributed by atoms with Gasteiger partial charge in [-0.15, -0.1) is 0 Å². The lowest BCUT2D eigenvalue weighted by Gasteiger charge is -2.27. The van der Waals surface area contributed by atoms with Crippen LogP contribution in [0.25, 0.3) is 0 Å². The number of nitrogens with two attached hydrogens (primary N) is 1. The number of carbonyl (C=O) groups excluding carboxylic acids is 1. The number of amides is 1. The van der Waals surface area contributed by atoms with E-state index in [4.69, 9.17) is 10.5 Å². The van der Waals surface area contributed by atoms with Crippen LogP contribution in [-0.2, 0) is 9.53 Å². The van der Waals surface area contributed by atoms with Crippen LogP contribution >= 0.6 is 11.8 Å². The Hall–Kier alpha value is -0.260. The van der Waals surface area contributed by atoms with Crippen LogP contribution in [-0.4, -0.2) is 54.7 Å². The third-order valence-electron chi connectivity index (χ3n) is 3.06. The topological polar surface area (TPSA) is 55.6 Å². The predicted molar refractivity (Wildman–Crippen MR) is 67.6 cm³/mol. The van der Waals surface area contributed by atoms with Crippen LogP contribution in [0.4, 0.5) is 0 Å². The molecule has 1 aliphatic heterocycles. The van der Waals surface area contributed by atoms with Crippen molar-refractivity contribution in [2.24, 2.45) is 5.73 Å². The van der Waals surface area contributed by atoms with E-state index in [1.54, 1.807) is 16.7 Å². The van der Waals surface area contributed by atoms with E-state index in [1.807, 2.05) is 13.3 Å². The summed E-state index contributed by atoms with van der Waals surface area (Å²) in [6, 6.07) is 0.253. The highest BCUT2D eigenvalue weighted by Gasteiger charge is 2.32. The number of likely N-dealkylation sites (N-methyl/N-ethyl adjacent to an activating group) is 1. The average Bonchev–Trinajstić information content (AvgIpc) is 2.75. The molecule has 5 heteroatoms. The summed E-state index contributed by atoms with van der Waals surface area (Å²) in [6.45, 7) is 2.57. The molecule has 0 aromatic carbocycles. The van der Waals surface area contributed by atoms with E-state index in [0.29, 0.717) is 6.54 Å². The molecule has 4 nitrogen and oxygen atoms in total. The van der Waals surface area contributed by atoms with Crippen LogP contribution in [0, 0.1) is 0 Å². The molecule has 3 unspecified atom stereocenters. The first-order valence-electron chi connectivity index (χ1n) is 5.71. The number of thioether (sulfide) groups is 1. The van der Waals surface area contributed by atoms with Crippen LogP contribution in [0.1, 0.15) is 19.8 Å². The fourth-order valence-corrected chi connectivity index (χ4v) is 2.56. The van der Waals surface area contributed by atoms with Gasteiger partial charge in [-0.1, -0.05) is 0 Å². The molecule has 94 valence electrons. The number of nitrogens with zero attached hydrogens (tertiary/aromatic N) is 1. The van der Waals surface area contributed by atoms with Crippen molar-refractivity contribution in [1.29, 1.82) is 0 Å². The Bertz CT molecular complexity index is 234. The Balaban J connectivity index is 2.45. The standard InChI is InChI=1S/C11H22N2O2S/c1-8(7-16-3)13(2)11(14)10-5-4-9(6-12)15-10/h8-10H,4-7,12H2,1-3H3. The van der Waals surface area contributed by atoms with Crippen LogP contribution in [0.3, 0.4) is 0 Å². The lowest BCUT2D eigenvalue weighted by Crippen LogP contribution is -2.43. The minimum atomic E-state index is -0.275. The Morgan fingerprint density at radius 1 is 1.62 bits per heavy atom. The molecular formula is C11H22N2O2S. The second kappa shape index (κ2) is 6.47. The van der Waals surface area contributed by atoms with Gasteiger partial charge in [-0.05, 0) is 26.0 Å². The van der Waals surface area contributed by atoms with Gasteiger partial charge in [0.2, 0.25) is 0 Å². The zero-order valence-electron chi connectivity index (χ0n) is 10.3. The molecule has 0 aliphatic carbocycles. The van der Waals surface area contributed by atoms with Crippen LogP contribution in [0.5, 0.6) is 0 Å². The van der Waals surface area contributed by atoms with Crippen molar-refractivity contribution < 1.29 is 9.53 Å². The molecule has 1 rings (SSSR count). The summed E-state index contributed by atoms with van der Waals surface area (Å²) in [5.74, 6) is 1.05. The number of ether oxygens (including phenoxy) is 1. The number of carbonyl (C=O) groups is 1. The highest BCUT2D eigenvalue weighted by Crippen LogP contribution is 2.21. The summed E-state index contributed by atoms with van der Waals surface area (Å²) in [5, 5.41) is 0. The van der Waals surface area contributed by atoms with Crippen molar-refractivity contribution in [3.05, 3.63) is 0 Å². The molecule has 16 heavy (non-hydrogen) atoms. The van der Waals surface area contributed by atoms with Crippen molar-refractivity contribution in [2.75, 3.05) is 25.6 Å². The first kappa shape index (κ1) is 13.8. The van der Waals surface area contributed by atoms with E-state index in [0.717, 1.165) is 18.6 Å². The Kier molecular flexibility index (Phi) is 5.58. The molecule has 0 radical (unpaired) electrons. The van der Waals surface area contributed by atoms with E-state index in [-0.39, 0.29) is 24.2 Å². The highest BCUT2D eigenvalue weighted by molar-refractivity contribution is 7.98. The molecule has 1 amide bonds. The molecule has 1 aliphatic rings. The minimum Gasteiger partial charge on any atom is -0.364 e. The molecule has 0 aromatic heterocycles. The van der Waals surface area contributed by atoms with Crippen LogP contribution in [0.2, 0.25) is 0 Å². The van der Waals surface area contributed by atoms with E-state index >= 15 is 0 Å². The Morgan fingerprint density at radius 3 is 2.81 bits per heavy atom. The molecule has 0 saturated carbocycles. The number of hydrogen-bond acceptors (Lipinski definition) is 4. The molecule has 0 aromatic rings. The third kappa shape index (κ3) is 3.37. The molecule has 1 heterocycles. The van der Waals surface area contributed by atoms with E-state index in [2.05, 4.69) is 6.92 Å². The SMILES string of the molecule is CSCC(C)N(C)C(=O)C1CCC(CN)O1. The second-order valence-electron chi connectivity index (χ2n) is 4.31. The van der Waals surface area contributed by atoms with E-state index in [1.165, 1.54) is 0 Å². The normalized spacial score (nSPS) is 26.8. The van der Waals surface area contributed by atoms with Crippen molar-refractivity contribution in [3.63, 3.8) is 0 Å². The highest BCUT2D eigenvalue weighted by atomic mass is 32.2. The lowest BCUT2D eigenvalue weighted by atomic mass is 10.1. The van der Waals surface area contributed by atoms with Gasteiger partial charge in [-0.2, -0.15) is 11.8 Å². The molecule has 2 N–H and O–H groups in total. The van der Waals surface area contributed by atoms with Gasteiger partial charge < -0.3 is 15.4 Å². The maximum atomic E-state index is 12.1. The summed E-state index contributed by atoms with van der Waals surface area (Å²) in [7, 11) is 1.85. The summed E-state index contributed by atoms with van der Waals surface area (Å²) in [5.41, 5.74) is 5.53. The van der Waals surface area contributed by atoms with Crippen molar-refractivity contribution in [3.8, 4) is 0 Å². The van der Waals surface area contributed by atoms with E-state index < -0.39 is 0 Å². The lowest BCUT2D eigenvalue weighted by molar-refractivity contribution is -0.142. The molecule has 1 fully saturated rings. The van der Waals surface area contributed by atoms with Gasteiger partial charge in [0.1, 0.15) is 6.10 Å². The van der Waals surface area contributed by atoms with Gasteiger partial charge in [0.25, 0.3) is 5.91 Å². The van der Waals surface area contributed by atoms with Gasteiger partial charge in [-0.25, -0.2) is 0 Å². The zero-order valence-corrected chi connectivity index (χ0v) is 11.1. The van der Waals surface area contributed by atoms with Crippen molar-refractivity contribution >= 4 is 17.7 Å². The minimum absolute atomic E-state index is 0.0678. The third-order valence-corrected chi connectivity index (χ3v) is 3.88. The average molecular weight is 246 g/mol. The summed E-state index contributed by atoms with van der Waals surface area (Å²) < 4.78 is 5.60. The number of hydrogen-bond donors (Lipinski definition) is 1. The van der Waals surface area contributed by atoms with Gasteiger partial charge >= 0.3 is 0 Å². The predicted octanol–water partition coefficient (Wildman–Crippen LogP) is 0.703. The van der Waals surface area contributed by atoms with E-state index in [9.17, 15) is 4.79 Å². The molecule has 1 saturated heterocycles. The molecule has 0 bridgehead atoms. The van der Waals surface area contributed by atoms with Gasteiger partial charge in [0, 0.05) is 25.4 Å². The summed E-state index contributed by atoms with van der Waals surface area (Å²) in [6.07, 6.45) is 3.54. The maximum Gasteiger partial charge on any atom is 0.251 e. The fraction of sp³-hybridized carbons (Fsp3) is 0.909. The first-order chi connectivity index (χ1) is 7.60. The zero-order chi connectivity index (χ0) is 12.1. The number of rotatable bonds is 5. The van der Waals surface area contributed by atoms with Gasteiger partial charge in [0.05, 0.1) is 6.10 Å². The smallest absolute Gasteiger partial charge is 0.251 e. The second-order valence-corrected chi connectivity index (χ2v) is 5.22. The van der Waals surface area contributed by atoms with Gasteiger partial charge in [0.15, 0.2) is 0 Å². The van der Waals surface area contributed by atoms with Gasteiger partial charge in [-0.3, -0.25) is 4.79 Å². The Morgan fingerprint density at radius 2 is 2.31 bits per heavy atom. The Labute approximate surface area is 102 Å². The van der Waals surface area contributed by atoms with Crippen LogP contribution in [0.15, 0.2) is 0 Å².